The lowest BCUT2D eigenvalue weighted by Crippen LogP contribution is -2.26. The molecule has 2 aliphatic heterocycles. The van der Waals surface area contributed by atoms with Gasteiger partial charge < -0.3 is 33.9 Å². The number of halogens is 1. The number of rotatable bonds is 5. The first-order valence-electron chi connectivity index (χ1n) is 10.0. The second-order valence-electron chi connectivity index (χ2n) is 7.53. The molecular formula is C23H19FN2O7. The van der Waals surface area contributed by atoms with Crippen LogP contribution >= 0.6 is 0 Å². The lowest BCUT2D eigenvalue weighted by molar-refractivity contribution is -0.116. The number of fused-ring (bicyclic) bond motifs is 2. The maximum Gasteiger partial charge on any atom is 0.339 e. The summed E-state index contributed by atoms with van der Waals surface area (Å²) < 4.78 is 37.4. The lowest BCUT2D eigenvalue weighted by atomic mass is 9.87. The summed E-state index contributed by atoms with van der Waals surface area (Å²) in [4.78, 5) is 24.7. The van der Waals surface area contributed by atoms with Crippen molar-refractivity contribution >= 4 is 17.6 Å². The molecule has 1 atom stereocenters. The van der Waals surface area contributed by atoms with Gasteiger partial charge in [0.15, 0.2) is 11.5 Å². The van der Waals surface area contributed by atoms with Crippen LogP contribution in [-0.4, -0.2) is 42.6 Å². The van der Waals surface area contributed by atoms with Crippen molar-refractivity contribution in [2.45, 2.75) is 12.3 Å². The summed E-state index contributed by atoms with van der Waals surface area (Å²) in [6, 6.07) is 7.34. The summed E-state index contributed by atoms with van der Waals surface area (Å²) in [5.41, 5.74) is 1.70. The molecule has 0 saturated carbocycles. The molecule has 3 heterocycles. The Kier molecular flexibility index (Phi) is 4.85. The third kappa shape index (κ3) is 3.22. The summed E-state index contributed by atoms with van der Waals surface area (Å²) >= 11 is 0. The minimum absolute atomic E-state index is 0.00379. The number of nitrogens with zero attached hydrogens (tertiary/aromatic N) is 1. The van der Waals surface area contributed by atoms with Gasteiger partial charge >= 0.3 is 5.97 Å². The molecule has 9 nitrogen and oxygen atoms in total. The van der Waals surface area contributed by atoms with Crippen LogP contribution in [0.4, 0.5) is 10.1 Å². The zero-order valence-corrected chi connectivity index (χ0v) is 17.7. The molecule has 10 heteroatoms. The van der Waals surface area contributed by atoms with E-state index in [2.05, 4.69) is 5.32 Å². The first-order chi connectivity index (χ1) is 15.9. The Morgan fingerprint density at radius 1 is 1.18 bits per heavy atom. The number of benzene rings is 2. The van der Waals surface area contributed by atoms with Crippen molar-refractivity contribution in [3.05, 3.63) is 59.2 Å². The summed E-state index contributed by atoms with van der Waals surface area (Å²) in [5.74, 6) is -1.14. The molecule has 1 aromatic heterocycles. The predicted octanol–water partition coefficient (Wildman–Crippen LogP) is 3.53. The topological polar surface area (TPSA) is 108 Å². The summed E-state index contributed by atoms with van der Waals surface area (Å²) in [5, 5.41) is 12.5. The Bertz CT molecular complexity index is 1280. The SMILES string of the molecule is COc1c([C@@H]2CC(=O)Nc3c(C(=O)O)cn(-c4ccc(F)cc4)c32)cc2c(c1OC)OCO2. The van der Waals surface area contributed by atoms with Crippen molar-refractivity contribution in [3.63, 3.8) is 0 Å². The first-order valence-corrected chi connectivity index (χ1v) is 10.0. The summed E-state index contributed by atoms with van der Waals surface area (Å²) in [6.07, 6.45) is 1.42. The number of aromatic nitrogens is 1. The van der Waals surface area contributed by atoms with Crippen molar-refractivity contribution in [1.82, 2.24) is 4.57 Å². The van der Waals surface area contributed by atoms with Crippen molar-refractivity contribution in [2.24, 2.45) is 0 Å². The molecule has 0 aliphatic carbocycles. The van der Waals surface area contributed by atoms with E-state index in [9.17, 15) is 19.1 Å². The van der Waals surface area contributed by atoms with E-state index < -0.39 is 17.7 Å². The van der Waals surface area contributed by atoms with Gasteiger partial charge in [-0.15, -0.1) is 0 Å². The highest BCUT2D eigenvalue weighted by molar-refractivity contribution is 6.04. The van der Waals surface area contributed by atoms with Crippen LogP contribution in [0.1, 0.15) is 34.0 Å². The molecule has 2 aromatic carbocycles. The van der Waals surface area contributed by atoms with Crippen molar-refractivity contribution < 1.29 is 38.0 Å². The number of hydrogen-bond acceptors (Lipinski definition) is 6. The second-order valence-corrected chi connectivity index (χ2v) is 7.53. The highest BCUT2D eigenvalue weighted by atomic mass is 19.1. The van der Waals surface area contributed by atoms with E-state index in [1.807, 2.05) is 0 Å². The Morgan fingerprint density at radius 3 is 2.58 bits per heavy atom. The van der Waals surface area contributed by atoms with Crippen LogP contribution < -0.4 is 24.3 Å². The highest BCUT2D eigenvalue weighted by Gasteiger charge is 2.38. The predicted molar refractivity (Wildman–Crippen MR) is 113 cm³/mol. The van der Waals surface area contributed by atoms with Gasteiger partial charge in [-0.05, 0) is 30.3 Å². The first kappa shape index (κ1) is 20.7. The number of anilines is 1. The van der Waals surface area contributed by atoms with Crippen molar-refractivity contribution in [3.8, 4) is 28.7 Å². The van der Waals surface area contributed by atoms with Crippen molar-refractivity contribution in [2.75, 3.05) is 26.3 Å². The van der Waals surface area contributed by atoms with Gasteiger partial charge in [0.05, 0.1) is 25.6 Å². The quantitative estimate of drug-likeness (QED) is 0.607. The highest BCUT2D eigenvalue weighted by Crippen LogP contribution is 2.54. The van der Waals surface area contributed by atoms with Gasteiger partial charge in [0.2, 0.25) is 24.2 Å². The maximum atomic E-state index is 13.6. The minimum Gasteiger partial charge on any atom is -0.492 e. The van der Waals surface area contributed by atoms with Gasteiger partial charge in [0.1, 0.15) is 11.4 Å². The smallest absolute Gasteiger partial charge is 0.339 e. The summed E-state index contributed by atoms with van der Waals surface area (Å²) in [7, 11) is 2.93. The molecule has 0 radical (unpaired) electrons. The largest absolute Gasteiger partial charge is 0.492 e. The van der Waals surface area contributed by atoms with Crippen LogP contribution in [0.15, 0.2) is 36.5 Å². The normalized spacial score (nSPS) is 16.2. The Morgan fingerprint density at radius 2 is 1.91 bits per heavy atom. The molecule has 0 spiro atoms. The van der Waals surface area contributed by atoms with Crippen molar-refractivity contribution in [1.29, 1.82) is 0 Å². The molecule has 0 unspecified atom stereocenters. The Labute approximate surface area is 187 Å². The Hall–Kier alpha value is -4.21. The number of carbonyl (C=O) groups is 2. The number of amides is 1. The number of carbonyl (C=O) groups excluding carboxylic acids is 1. The zero-order valence-electron chi connectivity index (χ0n) is 17.7. The molecule has 2 N–H and O–H groups in total. The van der Waals surface area contributed by atoms with Gasteiger partial charge in [0.25, 0.3) is 0 Å². The van der Waals surface area contributed by atoms with Crippen LogP contribution in [0.2, 0.25) is 0 Å². The zero-order chi connectivity index (χ0) is 23.3. The monoisotopic (exact) mass is 454 g/mol. The standard InChI is InChI=1S/C23H19FN2O7/c1-30-20-14(7-16-21(22(20)31-2)33-10-32-16)13-8-17(27)25-18-15(23(28)29)9-26(19(13)18)12-5-3-11(24)4-6-12/h3-7,9,13H,8,10H2,1-2H3,(H,25,27)(H,28,29)/t13-/m0/s1. The number of methoxy groups -OCH3 is 2. The number of ether oxygens (including phenoxy) is 4. The number of nitrogens with one attached hydrogen (secondary N) is 1. The average molecular weight is 454 g/mol. The fraction of sp³-hybridized carbons (Fsp3) is 0.217. The second kappa shape index (κ2) is 7.73. The number of carboxylic acid groups (broad SMARTS) is 1. The molecule has 2 aliphatic rings. The fourth-order valence-electron chi connectivity index (χ4n) is 4.37. The van der Waals surface area contributed by atoms with E-state index in [0.29, 0.717) is 39.9 Å². The fourth-order valence-corrected chi connectivity index (χ4v) is 4.37. The number of carboxylic acids is 1. The molecule has 3 aromatic rings. The molecule has 0 saturated heterocycles. The maximum absolute atomic E-state index is 13.6. The lowest BCUT2D eigenvalue weighted by Gasteiger charge is -2.28. The van der Waals surface area contributed by atoms with E-state index >= 15 is 0 Å². The number of hydrogen-bond donors (Lipinski definition) is 2. The van der Waals surface area contributed by atoms with Gasteiger partial charge in [-0.3, -0.25) is 4.79 Å². The van der Waals surface area contributed by atoms with Crippen LogP contribution in [0.3, 0.4) is 0 Å². The van der Waals surface area contributed by atoms with E-state index in [1.54, 1.807) is 10.6 Å². The minimum atomic E-state index is -1.21. The van der Waals surface area contributed by atoms with E-state index in [1.165, 1.54) is 44.7 Å². The molecule has 0 bridgehead atoms. The number of aromatic carboxylic acids is 1. The van der Waals surface area contributed by atoms with E-state index in [0.717, 1.165) is 0 Å². The third-order valence-corrected chi connectivity index (χ3v) is 5.75. The van der Waals surface area contributed by atoms with Gasteiger partial charge in [0, 0.05) is 29.8 Å². The van der Waals surface area contributed by atoms with Crippen LogP contribution in [0.5, 0.6) is 23.0 Å². The molecule has 1 amide bonds. The van der Waals surface area contributed by atoms with Crippen LogP contribution in [0, 0.1) is 5.82 Å². The molecular weight excluding hydrogens is 435 g/mol. The molecule has 0 fully saturated rings. The van der Waals surface area contributed by atoms with Gasteiger partial charge in [-0.1, -0.05) is 0 Å². The molecule has 5 rings (SSSR count). The summed E-state index contributed by atoms with van der Waals surface area (Å²) in [6.45, 7) is 0.00379. The van der Waals surface area contributed by atoms with E-state index in [4.69, 9.17) is 18.9 Å². The van der Waals surface area contributed by atoms with Gasteiger partial charge in [-0.2, -0.15) is 0 Å². The Balaban J connectivity index is 1.79. The van der Waals surface area contributed by atoms with Gasteiger partial charge in [-0.25, -0.2) is 9.18 Å². The van der Waals surface area contributed by atoms with E-state index in [-0.39, 0.29) is 30.4 Å². The molecule has 33 heavy (non-hydrogen) atoms. The van der Waals surface area contributed by atoms with Crippen LogP contribution in [-0.2, 0) is 4.79 Å². The third-order valence-electron chi connectivity index (χ3n) is 5.75. The molecule has 170 valence electrons. The van der Waals surface area contributed by atoms with Crippen LogP contribution in [0.25, 0.3) is 5.69 Å². The average Bonchev–Trinajstić information content (AvgIpc) is 3.42.